The summed E-state index contributed by atoms with van der Waals surface area (Å²) < 4.78 is 19.1. The van der Waals surface area contributed by atoms with Gasteiger partial charge in [-0.15, -0.1) is 11.8 Å². The van der Waals surface area contributed by atoms with Crippen LogP contribution in [0, 0.1) is 5.82 Å². The van der Waals surface area contributed by atoms with E-state index < -0.39 is 11.5 Å². The zero-order valence-electron chi connectivity index (χ0n) is 15.5. The molecule has 0 saturated carbocycles. The van der Waals surface area contributed by atoms with Crippen molar-refractivity contribution in [3.8, 4) is 0 Å². The number of carbonyl (C=O) groups is 1. The van der Waals surface area contributed by atoms with Gasteiger partial charge < -0.3 is 14.5 Å². The summed E-state index contributed by atoms with van der Waals surface area (Å²) in [5.41, 5.74) is 1.43. The first-order valence-electron chi connectivity index (χ1n) is 9.06. The van der Waals surface area contributed by atoms with Crippen molar-refractivity contribution in [1.29, 1.82) is 0 Å². The van der Waals surface area contributed by atoms with Crippen molar-refractivity contribution in [2.24, 2.45) is 4.99 Å². The minimum absolute atomic E-state index is 0.203. The molecular weight excluding hydrogens is 427 g/mol. The summed E-state index contributed by atoms with van der Waals surface area (Å²) in [5.74, 6) is -0.516. The minimum atomic E-state index is -1.26. The van der Waals surface area contributed by atoms with E-state index in [9.17, 15) is 14.3 Å². The molecule has 0 aliphatic carbocycles. The number of halogens is 1. The van der Waals surface area contributed by atoms with Crippen LogP contribution in [0.25, 0.3) is 22.0 Å². The van der Waals surface area contributed by atoms with Crippen LogP contribution in [0.2, 0.25) is 0 Å². The summed E-state index contributed by atoms with van der Waals surface area (Å²) in [6.45, 7) is 0. The molecule has 3 aromatic heterocycles. The lowest BCUT2D eigenvalue weighted by Gasteiger charge is -2.19. The van der Waals surface area contributed by atoms with E-state index in [4.69, 9.17) is 4.42 Å². The number of pyridine rings is 1. The lowest BCUT2D eigenvalue weighted by atomic mass is 9.96. The Labute approximate surface area is 178 Å². The molecule has 0 saturated heterocycles. The first-order valence-corrected chi connectivity index (χ1v) is 11.0. The van der Waals surface area contributed by atoms with E-state index in [1.807, 2.05) is 6.07 Å². The number of thioether (sulfide) groups is 2. The van der Waals surface area contributed by atoms with Gasteiger partial charge in [0.2, 0.25) is 0 Å². The molecule has 2 N–H and O–H groups in total. The van der Waals surface area contributed by atoms with E-state index in [1.165, 1.54) is 35.7 Å². The van der Waals surface area contributed by atoms with E-state index in [0.29, 0.717) is 33.5 Å². The Morgan fingerprint density at radius 2 is 2.27 bits per heavy atom. The summed E-state index contributed by atoms with van der Waals surface area (Å²) in [4.78, 5) is 28.1. The van der Waals surface area contributed by atoms with Crippen LogP contribution in [0.5, 0.6) is 0 Å². The molecule has 0 amide bonds. The van der Waals surface area contributed by atoms with Crippen molar-refractivity contribution >= 4 is 56.5 Å². The van der Waals surface area contributed by atoms with Gasteiger partial charge >= 0.3 is 5.97 Å². The highest BCUT2D eigenvalue weighted by Crippen LogP contribution is 2.35. The lowest BCUT2D eigenvalue weighted by Crippen LogP contribution is -2.39. The average molecular weight is 442 g/mol. The molecule has 1 aromatic carbocycles. The maximum Gasteiger partial charge on any atom is 0.332 e. The number of rotatable bonds is 6. The fourth-order valence-electron chi connectivity index (χ4n) is 3.37. The molecule has 0 radical (unpaired) electrons. The molecule has 0 spiro atoms. The highest BCUT2D eigenvalue weighted by Gasteiger charge is 2.43. The normalized spacial score (nSPS) is 18.9. The van der Waals surface area contributed by atoms with E-state index >= 15 is 0 Å². The number of carboxylic acids is 1. The second-order valence-corrected chi connectivity index (χ2v) is 8.92. The number of aliphatic imine (C=N–C) groups is 1. The lowest BCUT2D eigenvalue weighted by molar-refractivity contribution is -0.142. The first kappa shape index (κ1) is 19.1. The molecule has 4 aromatic rings. The number of aromatic amines is 1. The summed E-state index contributed by atoms with van der Waals surface area (Å²) in [5, 5.41) is 12.0. The predicted molar refractivity (Wildman–Crippen MR) is 115 cm³/mol. The third kappa shape index (κ3) is 3.56. The minimum Gasteiger partial charge on any atom is -0.479 e. The van der Waals surface area contributed by atoms with Crippen LogP contribution in [-0.4, -0.2) is 48.1 Å². The van der Waals surface area contributed by atoms with Gasteiger partial charge in [0.1, 0.15) is 11.3 Å². The Morgan fingerprint density at radius 3 is 3.10 bits per heavy atom. The number of carboxylic acid groups (broad SMARTS) is 1. The van der Waals surface area contributed by atoms with Gasteiger partial charge in [0, 0.05) is 29.6 Å². The van der Waals surface area contributed by atoms with Crippen LogP contribution < -0.4 is 0 Å². The van der Waals surface area contributed by atoms with Crippen molar-refractivity contribution < 1.29 is 18.7 Å². The Kier molecular flexibility index (Phi) is 4.75. The molecule has 7 nitrogen and oxygen atoms in total. The van der Waals surface area contributed by atoms with E-state index in [1.54, 1.807) is 24.5 Å². The van der Waals surface area contributed by atoms with Gasteiger partial charge in [-0.1, -0.05) is 11.8 Å². The van der Waals surface area contributed by atoms with Crippen LogP contribution in [0.1, 0.15) is 5.69 Å². The maximum atomic E-state index is 13.4. The van der Waals surface area contributed by atoms with E-state index in [0.717, 1.165) is 15.9 Å². The zero-order valence-corrected chi connectivity index (χ0v) is 17.1. The maximum absolute atomic E-state index is 13.4. The molecule has 152 valence electrons. The summed E-state index contributed by atoms with van der Waals surface area (Å²) in [6, 6.07) is 8.07. The number of oxazole rings is 1. The number of hydrogen-bond acceptors (Lipinski definition) is 7. The fourth-order valence-corrected chi connectivity index (χ4v) is 5.44. The third-order valence-electron chi connectivity index (χ3n) is 4.83. The van der Waals surface area contributed by atoms with Crippen LogP contribution in [-0.2, 0) is 11.2 Å². The van der Waals surface area contributed by atoms with Crippen LogP contribution in [0.3, 0.4) is 0 Å². The van der Waals surface area contributed by atoms with Crippen molar-refractivity contribution in [2.45, 2.75) is 17.2 Å². The molecule has 0 fully saturated rings. The number of aliphatic carboxylic acids is 1. The Balaban J connectivity index is 1.34. The summed E-state index contributed by atoms with van der Waals surface area (Å²) >= 11 is 2.79. The van der Waals surface area contributed by atoms with Gasteiger partial charge in [-0.05, 0) is 35.7 Å². The number of H-pyrrole nitrogens is 1. The largest absolute Gasteiger partial charge is 0.479 e. The zero-order chi connectivity index (χ0) is 20.7. The standard InChI is InChI=1S/C20H15FN4O3S2/c21-12-2-1-11-5-13(23-15(11)6-12)7-20(18(26)27)10-30-17(25-20)9-29-19-24-14-3-4-22-8-16(14)28-19/h1-6,8,23H,7,9-10H2,(H,26,27). The molecule has 1 aliphatic rings. The molecule has 5 rings (SSSR count). The SMILES string of the molecule is O=C(O)C1(Cc2cc3ccc(F)cc3[nH]2)CSC(CSc2nc3ccncc3o2)=N1. The third-order valence-corrected chi connectivity index (χ3v) is 7.04. The van der Waals surface area contributed by atoms with Gasteiger partial charge in [0.15, 0.2) is 11.1 Å². The molecule has 30 heavy (non-hydrogen) atoms. The van der Waals surface area contributed by atoms with Gasteiger partial charge in [-0.25, -0.2) is 14.2 Å². The van der Waals surface area contributed by atoms with Gasteiger partial charge in [0.25, 0.3) is 5.22 Å². The Bertz CT molecular complexity index is 1270. The first-order chi connectivity index (χ1) is 14.5. The monoisotopic (exact) mass is 442 g/mol. The van der Waals surface area contributed by atoms with E-state index in [2.05, 4.69) is 19.9 Å². The second kappa shape index (κ2) is 7.44. The van der Waals surface area contributed by atoms with Crippen molar-refractivity contribution in [3.63, 3.8) is 0 Å². The summed E-state index contributed by atoms with van der Waals surface area (Å²) in [7, 11) is 0. The van der Waals surface area contributed by atoms with Gasteiger partial charge in [-0.3, -0.25) is 9.98 Å². The molecule has 4 heterocycles. The summed E-state index contributed by atoms with van der Waals surface area (Å²) in [6.07, 6.45) is 3.46. The van der Waals surface area contributed by atoms with Crippen LogP contribution in [0.4, 0.5) is 4.39 Å². The Hall–Kier alpha value is -2.85. The van der Waals surface area contributed by atoms with Gasteiger partial charge in [0.05, 0.1) is 17.0 Å². The smallest absolute Gasteiger partial charge is 0.332 e. The topological polar surface area (TPSA) is 104 Å². The highest BCUT2D eigenvalue weighted by atomic mass is 32.2. The van der Waals surface area contributed by atoms with Gasteiger partial charge in [-0.2, -0.15) is 0 Å². The molecule has 1 aliphatic heterocycles. The number of aromatic nitrogens is 3. The van der Waals surface area contributed by atoms with Crippen LogP contribution >= 0.6 is 23.5 Å². The molecule has 0 bridgehead atoms. The Morgan fingerprint density at radius 1 is 1.37 bits per heavy atom. The van der Waals surface area contributed by atoms with Crippen molar-refractivity contribution in [3.05, 3.63) is 54.2 Å². The number of hydrogen-bond donors (Lipinski definition) is 2. The van der Waals surface area contributed by atoms with E-state index in [-0.39, 0.29) is 12.2 Å². The number of nitrogens with one attached hydrogen (secondary N) is 1. The molecular formula is C20H15FN4O3S2. The molecule has 1 unspecified atom stereocenters. The molecule has 10 heteroatoms. The second-order valence-electron chi connectivity index (χ2n) is 6.95. The van der Waals surface area contributed by atoms with Crippen molar-refractivity contribution in [1.82, 2.24) is 15.0 Å². The molecule has 1 atom stereocenters. The quantitative estimate of drug-likeness (QED) is 0.432. The number of nitrogens with zero attached hydrogens (tertiary/aromatic N) is 3. The number of fused-ring (bicyclic) bond motifs is 2. The van der Waals surface area contributed by atoms with Crippen LogP contribution in [0.15, 0.2) is 57.4 Å². The predicted octanol–water partition coefficient (Wildman–Crippen LogP) is 4.15. The average Bonchev–Trinajstić information content (AvgIpc) is 3.42. The number of benzene rings is 1. The highest BCUT2D eigenvalue weighted by molar-refractivity contribution is 8.16. The fraction of sp³-hybridized carbons (Fsp3) is 0.200. The van der Waals surface area contributed by atoms with Crippen molar-refractivity contribution in [2.75, 3.05) is 11.5 Å².